The Balaban J connectivity index is 2.11. The van der Waals surface area contributed by atoms with Crippen molar-refractivity contribution in [3.8, 4) is 6.07 Å². The SMILES string of the molecule is N#C/C(=C\c1cccc(Cl)c1)C(=O)Nc1ccc(SC(F)F)cc1. The van der Waals surface area contributed by atoms with Crippen molar-refractivity contribution in [2.75, 3.05) is 5.32 Å². The van der Waals surface area contributed by atoms with Crippen LogP contribution in [0.4, 0.5) is 14.5 Å². The van der Waals surface area contributed by atoms with Gasteiger partial charge in [0.05, 0.1) is 0 Å². The van der Waals surface area contributed by atoms with Crippen molar-refractivity contribution in [3.63, 3.8) is 0 Å². The van der Waals surface area contributed by atoms with E-state index in [-0.39, 0.29) is 5.57 Å². The lowest BCUT2D eigenvalue weighted by Crippen LogP contribution is -2.13. The van der Waals surface area contributed by atoms with Crippen LogP contribution in [0.1, 0.15) is 5.56 Å². The van der Waals surface area contributed by atoms with Crippen LogP contribution in [0.2, 0.25) is 5.02 Å². The molecule has 0 atom stereocenters. The number of halogens is 3. The normalized spacial score (nSPS) is 11.2. The van der Waals surface area contributed by atoms with Crippen LogP contribution in [0.3, 0.4) is 0 Å². The van der Waals surface area contributed by atoms with Crippen LogP contribution in [-0.2, 0) is 4.79 Å². The molecule has 3 nitrogen and oxygen atoms in total. The number of nitrogens with zero attached hydrogens (tertiary/aromatic N) is 1. The minimum atomic E-state index is -2.50. The number of nitrogens with one attached hydrogen (secondary N) is 1. The number of nitriles is 1. The molecule has 0 fully saturated rings. The first-order valence-electron chi connectivity index (χ1n) is 6.71. The summed E-state index contributed by atoms with van der Waals surface area (Å²) in [6, 6.07) is 14.5. The van der Waals surface area contributed by atoms with Gasteiger partial charge in [0, 0.05) is 15.6 Å². The first-order chi connectivity index (χ1) is 11.5. The van der Waals surface area contributed by atoms with E-state index in [9.17, 15) is 13.6 Å². The van der Waals surface area contributed by atoms with Crippen LogP contribution in [-0.4, -0.2) is 11.7 Å². The summed E-state index contributed by atoms with van der Waals surface area (Å²) in [5.74, 6) is -3.09. The van der Waals surface area contributed by atoms with Crippen LogP contribution in [0.25, 0.3) is 6.08 Å². The molecule has 24 heavy (non-hydrogen) atoms. The molecule has 0 bridgehead atoms. The van der Waals surface area contributed by atoms with Gasteiger partial charge in [-0.1, -0.05) is 35.5 Å². The molecular formula is C17H11ClF2N2OS. The van der Waals surface area contributed by atoms with Crippen LogP contribution < -0.4 is 5.32 Å². The first kappa shape index (κ1) is 18.0. The molecule has 2 rings (SSSR count). The fourth-order valence-corrected chi connectivity index (χ4v) is 2.53. The molecule has 0 aromatic heterocycles. The molecule has 7 heteroatoms. The zero-order valence-electron chi connectivity index (χ0n) is 12.2. The molecule has 2 aromatic carbocycles. The summed E-state index contributed by atoms with van der Waals surface area (Å²) in [7, 11) is 0. The molecule has 0 saturated carbocycles. The van der Waals surface area contributed by atoms with Gasteiger partial charge in [0.25, 0.3) is 11.7 Å². The number of rotatable bonds is 5. The van der Waals surface area contributed by atoms with Gasteiger partial charge in [0.15, 0.2) is 0 Å². The zero-order chi connectivity index (χ0) is 17.5. The minimum Gasteiger partial charge on any atom is -0.321 e. The molecule has 0 saturated heterocycles. The number of alkyl halides is 2. The number of hydrogen-bond acceptors (Lipinski definition) is 3. The quantitative estimate of drug-likeness (QED) is 0.450. The third-order valence-corrected chi connectivity index (χ3v) is 3.82. The van der Waals surface area contributed by atoms with Gasteiger partial charge in [-0.15, -0.1) is 0 Å². The Kier molecular flexibility index (Phi) is 6.36. The van der Waals surface area contributed by atoms with Gasteiger partial charge >= 0.3 is 0 Å². The second-order valence-electron chi connectivity index (χ2n) is 4.58. The van der Waals surface area contributed by atoms with E-state index >= 15 is 0 Å². The summed E-state index contributed by atoms with van der Waals surface area (Å²) in [4.78, 5) is 12.5. The second kappa shape index (κ2) is 8.48. The topological polar surface area (TPSA) is 52.9 Å². The van der Waals surface area contributed by atoms with Gasteiger partial charge in [-0.25, -0.2) is 0 Å². The van der Waals surface area contributed by atoms with E-state index in [0.29, 0.717) is 32.9 Å². The van der Waals surface area contributed by atoms with E-state index in [2.05, 4.69) is 5.32 Å². The van der Waals surface area contributed by atoms with Crippen LogP contribution in [0.5, 0.6) is 0 Å². The van der Waals surface area contributed by atoms with Crippen LogP contribution in [0, 0.1) is 11.3 Å². The van der Waals surface area contributed by atoms with Gasteiger partial charge < -0.3 is 5.32 Å². The number of anilines is 1. The molecule has 0 radical (unpaired) electrons. The summed E-state index contributed by atoms with van der Waals surface area (Å²) >= 11 is 6.28. The predicted molar refractivity (Wildman–Crippen MR) is 92.0 cm³/mol. The number of hydrogen-bond donors (Lipinski definition) is 1. The molecule has 0 aliphatic carbocycles. The van der Waals surface area contributed by atoms with E-state index in [4.69, 9.17) is 16.9 Å². The lowest BCUT2D eigenvalue weighted by molar-refractivity contribution is -0.112. The van der Waals surface area contributed by atoms with E-state index in [1.807, 2.05) is 6.07 Å². The predicted octanol–water partition coefficient (Wildman–Crippen LogP) is 5.20. The van der Waals surface area contributed by atoms with E-state index in [0.717, 1.165) is 0 Å². The summed E-state index contributed by atoms with van der Waals surface area (Å²) in [6.07, 6.45) is 1.42. The summed E-state index contributed by atoms with van der Waals surface area (Å²) in [6.45, 7) is 0. The highest BCUT2D eigenvalue weighted by molar-refractivity contribution is 7.99. The fraction of sp³-hybridized carbons (Fsp3) is 0.0588. The van der Waals surface area contributed by atoms with Crippen LogP contribution >= 0.6 is 23.4 Å². The average molecular weight is 365 g/mol. The third kappa shape index (κ3) is 5.37. The molecule has 0 aliphatic heterocycles. The Bertz CT molecular complexity index is 801. The second-order valence-corrected chi connectivity index (χ2v) is 6.08. The van der Waals surface area contributed by atoms with Crippen molar-refractivity contribution >= 4 is 41.0 Å². The maximum Gasteiger partial charge on any atom is 0.288 e. The Morgan fingerprint density at radius 3 is 2.54 bits per heavy atom. The summed E-state index contributed by atoms with van der Waals surface area (Å²) in [5, 5.41) is 12.2. The maximum absolute atomic E-state index is 12.3. The zero-order valence-corrected chi connectivity index (χ0v) is 13.7. The third-order valence-electron chi connectivity index (χ3n) is 2.86. The molecule has 1 amide bonds. The lowest BCUT2D eigenvalue weighted by atomic mass is 10.1. The number of carbonyl (C=O) groups excluding carboxylic acids is 1. The minimum absolute atomic E-state index is 0.0942. The standard InChI is InChI=1S/C17H11ClF2N2OS/c18-13-3-1-2-11(9-13)8-12(10-21)16(23)22-14-4-6-15(7-5-14)24-17(19)20/h1-9,17H,(H,22,23)/b12-8+. The highest BCUT2D eigenvalue weighted by Gasteiger charge is 2.10. The lowest BCUT2D eigenvalue weighted by Gasteiger charge is -2.06. The fourth-order valence-electron chi connectivity index (χ4n) is 1.83. The number of carbonyl (C=O) groups is 1. The highest BCUT2D eigenvalue weighted by Crippen LogP contribution is 2.26. The molecule has 2 aromatic rings. The summed E-state index contributed by atoms with van der Waals surface area (Å²) < 4.78 is 24.5. The summed E-state index contributed by atoms with van der Waals surface area (Å²) in [5.41, 5.74) is 0.937. The maximum atomic E-state index is 12.3. The Labute approximate surface area is 146 Å². The largest absolute Gasteiger partial charge is 0.321 e. The van der Waals surface area contributed by atoms with Gasteiger partial charge in [0.2, 0.25) is 0 Å². The molecule has 0 aliphatic rings. The Morgan fingerprint density at radius 1 is 1.25 bits per heavy atom. The van der Waals surface area contributed by atoms with E-state index in [1.165, 1.54) is 30.3 Å². The van der Waals surface area contributed by atoms with Crippen molar-refractivity contribution in [1.29, 1.82) is 5.26 Å². The van der Waals surface area contributed by atoms with Gasteiger partial charge in [-0.2, -0.15) is 14.0 Å². The van der Waals surface area contributed by atoms with Gasteiger partial charge in [0.1, 0.15) is 11.6 Å². The van der Waals surface area contributed by atoms with Crippen molar-refractivity contribution in [2.24, 2.45) is 0 Å². The van der Waals surface area contributed by atoms with Crippen LogP contribution in [0.15, 0.2) is 59.0 Å². The molecule has 122 valence electrons. The molecular weight excluding hydrogens is 354 g/mol. The number of thioether (sulfide) groups is 1. The van der Waals surface area contributed by atoms with Crippen molar-refractivity contribution < 1.29 is 13.6 Å². The van der Waals surface area contributed by atoms with Crippen molar-refractivity contribution in [2.45, 2.75) is 10.7 Å². The molecule has 1 N–H and O–H groups in total. The van der Waals surface area contributed by atoms with Gasteiger partial charge in [-0.05, 0) is 48.0 Å². The van der Waals surface area contributed by atoms with Crippen molar-refractivity contribution in [3.05, 3.63) is 64.7 Å². The Morgan fingerprint density at radius 2 is 1.96 bits per heavy atom. The number of benzene rings is 2. The monoisotopic (exact) mass is 364 g/mol. The first-order valence-corrected chi connectivity index (χ1v) is 7.97. The van der Waals surface area contributed by atoms with E-state index in [1.54, 1.807) is 24.3 Å². The Hall–Kier alpha value is -2.36. The number of amides is 1. The smallest absolute Gasteiger partial charge is 0.288 e. The molecule has 0 unspecified atom stereocenters. The van der Waals surface area contributed by atoms with Gasteiger partial charge in [-0.3, -0.25) is 4.79 Å². The molecule has 0 heterocycles. The van der Waals surface area contributed by atoms with E-state index < -0.39 is 11.7 Å². The van der Waals surface area contributed by atoms with Crippen molar-refractivity contribution in [1.82, 2.24) is 0 Å². The average Bonchev–Trinajstić information content (AvgIpc) is 2.54. The molecule has 0 spiro atoms. The highest BCUT2D eigenvalue weighted by atomic mass is 35.5.